The van der Waals surface area contributed by atoms with Crippen molar-refractivity contribution in [2.24, 2.45) is 7.05 Å². The molecular weight excluding hydrogens is 466 g/mol. The number of hydrogen-bond donors (Lipinski definition) is 2. The number of rotatable bonds is 12. The molecule has 0 saturated carbocycles. The van der Waals surface area contributed by atoms with Crippen molar-refractivity contribution in [3.63, 3.8) is 0 Å². The summed E-state index contributed by atoms with van der Waals surface area (Å²) >= 11 is 1.30. The molecule has 0 aliphatic heterocycles. The first-order chi connectivity index (χ1) is 17.0. The topological polar surface area (TPSA) is 107 Å². The van der Waals surface area contributed by atoms with Crippen LogP contribution < -0.4 is 20.1 Å². The molecule has 9 nitrogen and oxygen atoms in total. The van der Waals surface area contributed by atoms with Crippen LogP contribution in [0.2, 0.25) is 0 Å². The second-order valence-corrected chi connectivity index (χ2v) is 8.44. The third-order valence-electron chi connectivity index (χ3n) is 5.09. The Morgan fingerprint density at radius 2 is 1.80 bits per heavy atom. The van der Waals surface area contributed by atoms with E-state index in [2.05, 4.69) is 20.8 Å². The fraction of sp³-hybridized carbons (Fsp3) is 0.280. The van der Waals surface area contributed by atoms with Crippen LogP contribution in [0.15, 0.2) is 59.8 Å². The van der Waals surface area contributed by atoms with Crippen LogP contribution in [0.4, 0.5) is 0 Å². The molecule has 2 aromatic carbocycles. The van der Waals surface area contributed by atoms with E-state index >= 15 is 0 Å². The Bertz CT molecular complexity index is 1160. The van der Waals surface area contributed by atoms with Gasteiger partial charge >= 0.3 is 0 Å². The van der Waals surface area contributed by atoms with Crippen LogP contribution in [-0.2, 0) is 29.6 Å². The molecule has 3 aromatic rings. The number of ether oxygens (including phenoxy) is 2. The zero-order valence-electron chi connectivity index (χ0n) is 20.0. The molecule has 0 unspecified atom stereocenters. The number of carbonyl (C=O) groups is 2. The molecule has 0 radical (unpaired) electrons. The molecule has 0 aliphatic rings. The van der Waals surface area contributed by atoms with Gasteiger partial charge in [0.15, 0.2) is 22.5 Å². The average molecular weight is 496 g/mol. The van der Waals surface area contributed by atoms with Gasteiger partial charge in [0, 0.05) is 19.7 Å². The molecule has 1 heterocycles. The van der Waals surface area contributed by atoms with Crippen LogP contribution in [-0.4, -0.2) is 53.1 Å². The fourth-order valence-electron chi connectivity index (χ4n) is 3.15. The number of methoxy groups -OCH3 is 2. The molecule has 0 atom stereocenters. The molecule has 35 heavy (non-hydrogen) atoms. The first-order valence-corrected chi connectivity index (χ1v) is 12.0. The van der Waals surface area contributed by atoms with Gasteiger partial charge in [-0.25, -0.2) is 0 Å². The average Bonchev–Trinajstić information content (AvgIpc) is 3.24. The summed E-state index contributed by atoms with van der Waals surface area (Å²) in [5.41, 5.74) is 1.98. The predicted molar refractivity (Wildman–Crippen MR) is 135 cm³/mol. The summed E-state index contributed by atoms with van der Waals surface area (Å²) in [5, 5.41) is 14.5. The highest BCUT2D eigenvalue weighted by Crippen LogP contribution is 2.27. The smallest absolute Gasteiger partial charge is 0.244 e. The van der Waals surface area contributed by atoms with Crippen molar-refractivity contribution in [3.05, 3.63) is 71.6 Å². The number of nitrogens with one attached hydrogen (secondary N) is 2. The van der Waals surface area contributed by atoms with Gasteiger partial charge in [-0.3, -0.25) is 9.59 Å². The van der Waals surface area contributed by atoms with Gasteiger partial charge in [0.05, 0.1) is 26.5 Å². The molecule has 0 spiro atoms. The second kappa shape index (κ2) is 13.2. The molecule has 2 amide bonds. The number of nitrogens with zero attached hydrogens (tertiary/aromatic N) is 3. The van der Waals surface area contributed by atoms with E-state index in [1.54, 1.807) is 44.0 Å². The van der Waals surface area contributed by atoms with Crippen LogP contribution in [0.25, 0.3) is 6.08 Å². The van der Waals surface area contributed by atoms with Crippen molar-refractivity contribution in [1.29, 1.82) is 0 Å². The molecule has 184 valence electrons. The number of thioether (sulfide) groups is 1. The van der Waals surface area contributed by atoms with E-state index < -0.39 is 0 Å². The predicted octanol–water partition coefficient (Wildman–Crippen LogP) is 2.61. The quantitative estimate of drug-likeness (QED) is 0.294. The normalized spacial score (nSPS) is 10.8. The van der Waals surface area contributed by atoms with Crippen molar-refractivity contribution in [1.82, 2.24) is 25.4 Å². The monoisotopic (exact) mass is 495 g/mol. The lowest BCUT2D eigenvalue weighted by molar-refractivity contribution is -0.118. The Labute approximate surface area is 208 Å². The van der Waals surface area contributed by atoms with E-state index in [1.807, 2.05) is 36.4 Å². The maximum Gasteiger partial charge on any atom is 0.244 e. The van der Waals surface area contributed by atoms with Gasteiger partial charge in [0.25, 0.3) is 0 Å². The van der Waals surface area contributed by atoms with Crippen LogP contribution in [0.3, 0.4) is 0 Å². The molecule has 0 bridgehead atoms. The van der Waals surface area contributed by atoms with Gasteiger partial charge in [-0.2, -0.15) is 0 Å². The Balaban J connectivity index is 1.42. The fourth-order valence-corrected chi connectivity index (χ4v) is 3.91. The maximum absolute atomic E-state index is 12.2. The van der Waals surface area contributed by atoms with Crippen molar-refractivity contribution < 1.29 is 19.1 Å². The minimum Gasteiger partial charge on any atom is -0.493 e. The van der Waals surface area contributed by atoms with E-state index in [1.165, 1.54) is 23.4 Å². The Hall–Kier alpha value is -3.79. The van der Waals surface area contributed by atoms with E-state index in [9.17, 15) is 9.59 Å². The van der Waals surface area contributed by atoms with Gasteiger partial charge in [-0.05, 0) is 35.8 Å². The van der Waals surface area contributed by atoms with Crippen LogP contribution >= 0.6 is 11.8 Å². The summed E-state index contributed by atoms with van der Waals surface area (Å²) in [6, 6.07) is 15.4. The third-order valence-corrected chi connectivity index (χ3v) is 6.11. The minimum atomic E-state index is -0.269. The standard InChI is InChI=1S/C25H29N5O4S/c1-30-22(16-27-23(31)12-10-19-9-11-20(33-2)21(15-19)34-3)28-29-25(30)35-17-24(32)26-14-13-18-7-5-4-6-8-18/h4-12,15H,13-14,16-17H2,1-3H3,(H,26,32)(H,27,31). The van der Waals surface area contributed by atoms with Crippen LogP contribution in [0.1, 0.15) is 17.0 Å². The third kappa shape index (κ3) is 7.89. The Morgan fingerprint density at radius 3 is 2.54 bits per heavy atom. The molecule has 0 saturated heterocycles. The first kappa shape index (κ1) is 25.8. The van der Waals surface area contributed by atoms with Gasteiger partial charge in [-0.15, -0.1) is 10.2 Å². The molecule has 0 fully saturated rings. The zero-order chi connectivity index (χ0) is 25.0. The van der Waals surface area contributed by atoms with Crippen molar-refractivity contribution in [2.45, 2.75) is 18.1 Å². The van der Waals surface area contributed by atoms with Crippen LogP contribution in [0.5, 0.6) is 11.5 Å². The Kier molecular flexibility index (Phi) is 9.73. The molecule has 0 aliphatic carbocycles. The lowest BCUT2D eigenvalue weighted by atomic mass is 10.1. The molecule has 1 aromatic heterocycles. The summed E-state index contributed by atoms with van der Waals surface area (Å²) in [6.07, 6.45) is 3.91. The zero-order valence-corrected chi connectivity index (χ0v) is 20.8. The van der Waals surface area contributed by atoms with Gasteiger partial charge < -0.3 is 24.7 Å². The van der Waals surface area contributed by atoms with E-state index in [-0.39, 0.29) is 24.1 Å². The summed E-state index contributed by atoms with van der Waals surface area (Å²) in [6.45, 7) is 0.790. The van der Waals surface area contributed by atoms with E-state index in [0.29, 0.717) is 29.0 Å². The number of amides is 2. The highest BCUT2D eigenvalue weighted by atomic mass is 32.2. The van der Waals surface area contributed by atoms with Gasteiger partial charge in [-0.1, -0.05) is 48.2 Å². The van der Waals surface area contributed by atoms with Crippen molar-refractivity contribution >= 4 is 29.7 Å². The van der Waals surface area contributed by atoms with Crippen molar-refractivity contribution in [2.75, 3.05) is 26.5 Å². The summed E-state index contributed by atoms with van der Waals surface area (Å²) < 4.78 is 12.3. The highest BCUT2D eigenvalue weighted by Gasteiger charge is 2.12. The molecule has 10 heteroatoms. The number of carbonyl (C=O) groups excluding carboxylic acids is 2. The van der Waals surface area contributed by atoms with Gasteiger partial charge in [0.2, 0.25) is 11.8 Å². The SMILES string of the molecule is COc1ccc(C=CC(=O)NCc2nnc(SCC(=O)NCCc3ccccc3)n2C)cc1OC. The summed E-state index contributed by atoms with van der Waals surface area (Å²) in [7, 11) is 4.93. The molecular formula is C25H29N5O4S. The van der Waals surface area contributed by atoms with Crippen molar-refractivity contribution in [3.8, 4) is 11.5 Å². The van der Waals surface area contributed by atoms with Gasteiger partial charge in [0.1, 0.15) is 0 Å². The molecule has 3 rings (SSSR count). The second-order valence-electron chi connectivity index (χ2n) is 7.50. The molecule has 2 N–H and O–H groups in total. The first-order valence-electron chi connectivity index (χ1n) is 11.0. The maximum atomic E-state index is 12.2. The number of benzene rings is 2. The summed E-state index contributed by atoms with van der Waals surface area (Å²) in [4.78, 5) is 24.4. The summed E-state index contributed by atoms with van der Waals surface area (Å²) in [5.74, 6) is 1.70. The Morgan fingerprint density at radius 1 is 1.03 bits per heavy atom. The van der Waals surface area contributed by atoms with E-state index in [0.717, 1.165) is 12.0 Å². The lowest BCUT2D eigenvalue weighted by Gasteiger charge is -2.07. The highest BCUT2D eigenvalue weighted by molar-refractivity contribution is 7.99. The lowest BCUT2D eigenvalue weighted by Crippen LogP contribution is -2.27. The minimum absolute atomic E-state index is 0.0657. The van der Waals surface area contributed by atoms with Crippen LogP contribution in [0, 0.1) is 0 Å². The largest absolute Gasteiger partial charge is 0.493 e. The van der Waals surface area contributed by atoms with E-state index in [4.69, 9.17) is 9.47 Å². The number of hydrogen-bond acceptors (Lipinski definition) is 7. The number of aromatic nitrogens is 3.